The van der Waals surface area contributed by atoms with E-state index < -0.39 is 0 Å². The van der Waals surface area contributed by atoms with Crippen LogP contribution in [0.5, 0.6) is 0 Å². The summed E-state index contributed by atoms with van der Waals surface area (Å²) < 4.78 is 0. The number of amides is 1. The second-order valence-electron chi connectivity index (χ2n) is 5.88. The molecule has 0 aliphatic rings. The van der Waals surface area contributed by atoms with E-state index in [1.54, 1.807) is 6.20 Å². The molecule has 4 rings (SSSR count). The van der Waals surface area contributed by atoms with Crippen LogP contribution in [0.4, 0.5) is 11.4 Å². The topological polar surface area (TPSA) is 69.8 Å². The third-order valence-corrected chi connectivity index (χ3v) is 5.06. The summed E-state index contributed by atoms with van der Waals surface area (Å²) in [5.74, 6) is -0.0576. The number of hydrogen-bond acceptors (Lipinski definition) is 4. The summed E-state index contributed by atoms with van der Waals surface area (Å²) in [5, 5.41) is 9.28. The molecule has 0 radical (unpaired) electrons. The Kier molecular flexibility index (Phi) is 4.66. The maximum Gasteiger partial charge on any atom is 0.263 e. The molecule has 0 saturated carbocycles. The van der Waals surface area contributed by atoms with Crippen molar-refractivity contribution >= 4 is 39.7 Å². The number of benzene rings is 1. The van der Waals surface area contributed by atoms with E-state index in [1.165, 1.54) is 16.9 Å². The summed E-state index contributed by atoms with van der Waals surface area (Å²) in [6.07, 6.45) is 4.41. The largest absolute Gasteiger partial charge is 0.354 e. The van der Waals surface area contributed by atoms with Crippen molar-refractivity contribution < 1.29 is 4.79 Å². The van der Waals surface area contributed by atoms with Gasteiger partial charge in [0, 0.05) is 24.3 Å². The molecular weight excluding hydrogens is 344 g/mol. The SMILES string of the molecule is O=C(NCCc1ccccc1)c1sccc1Nc1ccnc2[nH]ccc12. The molecule has 3 N–H and O–H groups in total. The Labute approximate surface area is 155 Å². The van der Waals surface area contributed by atoms with Gasteiger partial charge in [0.2, 0.25) is 0 Å². The minimum absolute atomic E-state index is 0.0576. The Hall–Kier alpha value is -3.12. The molecular formula is C20H18N4OS. The first kappa shape index (κ1) is 16.4. The fourth-order valence-electron chi connectivity index (χ4n) is 2.84. The molecule has 4 aromatic rings. The van der Waals surface area contributed by atoms with Crippen LogP contribution in [0, 0.1) is 0 Å². The highest BCUT2D eigenvalue weighted by Crippen LogP contribution is 2.29. The van der Waals surface area contributed by atoms with Gasteiger partial charge >= 0.3 is 0 Å². The summed E-state index contributed by atoms with van der Waals surface area (Å²) >= 11 is 1.43. The quantitative estimate of drug-likeness (QED) is 0.478. The first-order valence-corrected chi connectivity index (χ1v) is 9.28. The molecule has 0 fully saturated rings. The second-order valence-corrected chi connectivity index (χ2v) is 6.79. The minimum atomic E-state index is -0.0576. The van der Waals surface area contributed by atoms with E-state index >= 15 is 0 Å². The highest BCUT2D eigenvalue weighted by atomic mass is 32.1. The maximum atomic E-state index is 12.6. The Morgan fingerprint density at radius 3 is 2.85 bits per heavy atom. The number of H-pyrrole nitrogens is 1. The molecule has 0 saturated heterocycles. The highest BCUT2D eigenvalue weighted by molar-refractivity contribution is 7.12. The molecule has 26 heavy (non-hydrogen) atoms. The number of nitrogens with zero attached hydrogens (tertiary/aromatic N) is 1. The summed E-state index contributed by atoms with van der Waals surface area (Å²) in [6.45, 7) is 0.609. The zero-order valence-electron chi connectivity index (χ0n) is 14.0. The van der Waals surface area contributed by atoms with Crippen molar-refractivity contribution in [2.24, 2.45) is 0 Å². The number of thiophene rings is 1. The molecule has 1 aromatic carbocycles. The van der Waals surface area contributed by atoms with E-state index in [0.29, 0.717) is 11.4 Å². The van der Waals surface area contributed by atoms with Gasteiger partial charge in [-0.05, 0) is 35.6 Å². The molecule has 0 aliphatic heterocycles. The van der Waals surface area contributed by atoms with E-state index in [0.717, 1.165) is 28.8 Å². The average molecular weight is 362 g/mol. The molecule has 3 aromatic heterocycles. The van der Waals surface area contributed by atoms with Crippen molar-refractivity contribution in [3.8, 4) is 0 Å². The lowest BCUT2D eigenvalue weighted by Crippen LogP contribution is -2.25. The molecule has 1 amide bonds. The van der Waals surface area contributed by atoms with Crippen molar-refractivity contribution in [3.05, 3.63) is 76.7 Å². The molecule has 6 heteroatoms. The molecule has 0 unspecified atom stereocenters. The van der Waals surface area contributed by atoms with Gasteiger partial charge in [0.15, 0.2) is 0 Å². The fraction of sp³-hybridized carbons (Fsp3) is 0.100. The number of carbonyl (C=O) groups is 1. The van der Waals surface area contributed by atoms with Crippen LogP contribution in [0.3, 0.4) is 0 Å². The van der Waals surface area contributed by atoms with Gasteiger partial charge in [-0.15, -0.1) is 11.3 Å². The van der Waals surface area contributed by atoms with Crippen molar-refractivity contribution in [2.45, 2.75) is 6.42 Å². The summed E-state index contributed by atoms with van der Waals surface area (Å²) in [7, 11) is 0. The summed E-state index contributed by atoms with van der Waals surface area (Å²) in [6, 6.07) is 15.9. The van der Waals surface area contributed by atoms with Crippen LogP contribution < -0.4 is 10.6 Å². The van der Waals surface area contributed by atoms with E-state index in [-0.39, 0.29) is 5.91 Å². The van der Waals surface area contributed by atoms with Gasteiger partial charge in [-0.3, -0.25) is 4.79 Å². The van der Waals surface area contributed by atoms with Crippen LogP contribution >= 0.6 is 11.3 Å². The van der Waals surface area contributed by atoms with Gasteiger partial charge in [-0.2, -0.15) is 0 Å². The Bertz CT molecular complexity index is 1020. The summed E-state index contributed by atoms with van der Waals surface area (Å²) in [5.41, 5.74) is 3.76. The number of hydrogen-bond donors (Lipinski definition) is 3. The van der Waals surface area contributed by atoms with Crippen LogP contribution in [0.1, 0.15) is 15.2 Å². The lowest BCUT2D eigenvalue weighted by Gasteiger charge is -2.09. The number of anilines is 2. The Morgan fingerprint density at radius 2 is 1.96 bits per heavy atom. The lowest BCUT2D eigenvalue weighted by atomic mass is 10.1. The van der Waals surface area contributed by atoms with Gasteiger partial charge < -0.3 is 15.6 Å². The van der Waals surface area contributed by atoms with Gasteiger partial charge in [0.25, 0.3) is 5.91 Å². The number of aromatic amines is 1. The standard InChI is InChI=1S/C20H18N4OS/c25-20(23-10-6-14-4-2-1-3-5-14)18-17(9-13-26-18)24-16-8-12-22-19-15(16)7-11-21-19/h1-5,7-9,11-13H,6,10H2,(H,23,25)(H2,21,22,24). The second kappa shape index (κ2) is 7.41. The van der Waals surface area contributed by atoms with E-state index in [4.69, 9.17) is 0 Å². The van der Waals surface area contributed by atoms with Gasteiger partial charge in [0.1, 0.15) is 10.5 Å². The van der Waals surface area contributed by atoms with E-state index in [2.05, 4.69) is 32.7 Å². The normalized spacial score (nSPS) is 10.8. The Balaban J connectivity index is 1.44. The average Bonchev–Trinajstić information content (AvgIpc) is 3.32. The zero-order chi connectivity index (χ0) is 17.8. The predicted octanol–water partition coefficient (Wildman–Crippen LogP) is 4.34. The monoisotopic (exact) mass is 362 g/mol. The number of fused-ring (bicyclic) bond motifs is 1. The first-order chi connectivity index (χ1) is 12.8. The number of rotatable bonds is 6. The molecule has 3 heterocycles. The van der Waals surface area contributed by atoms with Crippen LogP contribution in [0.2, 0.25) is 0 Å². The van der Waals surface area contributed by atoms with Crippen molar-refractivity contribution in [2.75, 3.05) is 11.9 Å². The number of carbonyl (C=O) groups excluding carboxylic acids is 1. The van der Waals surface area contributed by atoms with Crippen molar-refractivity contribution in [1.82, 2.24) is 15.3 Å². The van der Waals surface area contributed by atoms with Gasteiger partial charge in [-0.25, -0.2) is 4.98 Å². The third-order valence-electron chi connectivity index (χ3n) is 4.14. The fourth-order valence-corrected chi connectivity index (χ4v) is 3.61. The first-order valence-electron chi connectivity index (χ1n) is 8.40. The van der Waals surface area contributed by atoms with Crippen LogP contribution in [0.15, 0.2) is 66.3 Å². The summed E-state index contributed by atoms with van der Waals surface area (Å²) in [4.78, 5) is 20.6. The van der Waals surface area contributed by atoms with Gasteiger partial charge in [-0.1, -0.05) is 30.3 Å². The molecule has 5 nitrogen and oxygen atoms in total. The predicted molar refractivity (Wildman–Crippen MR) is 106 cm³/mol. The minimum Gasteiger partial charge on any atom is -0.354 e. The van der Waals surface area contributed by atoms with Crippen molar-refractivity contribution in [1.29, 1.82) is 0 Å². The molecule has 130 valence electrons. The molecule has 0 spiro atoms. The smallest absolute Gasteiger partial charge is 0.263 e. The number of aromatic nitrogens is 2. The van der Waals surface area contributed by atoms with Crippen LogP contribution in [0.25, 0.3) is 11.0 Å². The lowest BCUT2D eigenvalue weighted by molar-refractivity contribution is 0.0959. The van der Waals surface area contributed by atoms with E-state index in [1.807, 2.05) is 48.0 Å². The van der Waals surface area contributed by atoms with E-state index in [9.17, 15) is 4.79 Å². The van der Waals surface area contributed by atoms with Gasteiger partial charge in [0.05, 0.1) is 11.4 Å². The number of pyridine rings is 1. The molecule has 0 atom stereocenters. The number of nitrogens with one attached hydrogen (secondary N) is 3. The molecule has 0 aliphatic carbocycles. The maximum absolute atomic E-state index is 12.6. The van der Waals surface area contributed by atoms with Crippen LogP contribution in [-0.4, -0.2) is 22.4 Å². The Morgan fingerprint density at radius 1 is 1.08 bits per heavy atom. The molecule has 0 bridgehead atoms. The van der Waals surface area contributed by atoms with Crippen LogP contribution in [-0.2, 0) is 6.42 Å². The highest BCUT2D eigenvalue weighted by Gasteiger charge is 2.14. The third kappa shape index (κ3) is 3.45. The van der Waals surface area contributed by atoms with Crippen molar-refractivity contribution in [3.63, 3.8) is 0 Å². The zero-order valence-corrected chi connectivity index (χ0v) is 14.8.